The van der Waals surface area contributed by atoms with Crippen molar-refractivity contribution >= 4 is 11.5 Å². The van der Waals surface area contributed by atoms with E-state index in [1.54, 1.807) is 4.90 Å². The molecule has 0 spiro atoms. The minimum atomic E-state index is -0.809. The molecule has 0 radical (unpaired) electrons. The van der Waals surface area contributed by atoms with Crippen LogP contribution in [0.1, 0.15) is 30.0 Å². The van der Waals surface area contributed by atoms with Crippen LogP contribution < -0.4 is 5.73 Å². The van der Waals surface area contributed by atoms with E-state index in [4.69, 9.17) is 5.73 Å². The lowest BCUT2D eigenvalue weighted by molar-refractivity contribution is -0.134. The van der Waals surface area contributed by atoms with Crippen LogP contribution in [0.3, 0.4) is 0 Å². The Bertz CT molecular complexity index is 859. The first-order valence-electron chi connectivity index (χ1n) is 8.29. The third kappa shape index (κ3) is 2.85. The Labute approximate surface area is 144 Å². The molecule has 1 aliphatic heterocycles. The van der Waals surface area contributed by atoms with Gasteiger partial charge in [0.2, 0.25) is 5.91 Å². The van der Waals surface area contributed by atoms with Gasteiger partial charge in [-0.1, -0.05) is 36.4 Å². The van der Waals surface area contributed by atoms with E-state index in [2.05, 4.69) is 0 Å². The number of hydrogen-bond acceptors (Lipinski definition) is 2. The Balaban J connectivity index is 1.74. The second-order valence-electron chi connectivity index (χ2n) is 6.76. The lowest BCUT2D eigenvalue weighted by Gasteiger charge is -2.28. The highest BCUT2D eigenvalue weighted by atomic mass is 19.1. The van der Waals surface area contributed by atoms with Gasteiger partial charge in [0.25, 0.3) is 0 Å². The zero-order chi connectivity index (χ0) is 17.6. The van der Waals surface area contributed by atoms with Crippen molar-refractivity contribution in [3.63, 3.8) is 0 Å². The minimum absolute atomic E-state index is 0.135. The monoisotopic (exact) mass is 340 g/mol. The number of rotatable bonds is 3. The molecule has 1 amide bonds. The van der Waals surface area contributed by atoms with Crippen molar-refractivity contribution in [2.24, 2.45) is 5.73 Å². The molecule has 2 aliphatic rings. The summed E-state index contributed by atoms with van der Waals surface area (Å²) >= 11 is 0. The van der Waals surface area contributed by atoms with Gasteiger partial charge in [-0.2, -0.15) is 0 Å². The molecule has 2 aromatic rings. The molecule has 3 nitrogen and oxygen atoms in total. The van der Waals surface area contributed by atoms with Crippen LogP contribution in [0.25, 0.3) is 5.57 Å². The smallest absolute Gasteiger partial charge is 0.243 e. The van der Waals surface area contributed by atoms with E-state index in [-0.39, 0.29) is 24.1 Å². The first kappa shape index (κ1) is 16.0. The Hall–Kier alpha value is -2.53. The first-order chi connectivity index (χ1) is 12.0. The molecule has 2 N–H and O–H groups in total. The summed E-state index contributed by atoms with van der Waals surface area (Å²) < 4.78 is 27.8. The molecule has 128 valence electrons. The van der Waals surface area contributed by atoms with Gasteiger partial charge in [-0.15, -0.1) is 0 Å². The second kappa shape index (κ2) is 5.77. The number of benzene rings is 2. The minimum Gasteiger partial charge on any atom is -0.326 e. The fourth-order valence-electron chi connectivity index (χ4n) is 3.29. The zero-order valence-corrected chi connectivity index (χ0v) is 13.6. The number of carbonyl (C=O) groups excluding carboxylic acids is 1. The van der Waals surface area contributed by atoms with Gasteiger partial charge in [0.15, 0.2) is 0 Å². The van der Waals surface area contributed by atoms with E-state index < -0.39 is 17.2 Å². The van der Waals surface area contributed by atoms with Crippen LogP contribution >= 0.6 is 0 Å². The van der Waals surface area contributed by atoms with Crippen molar-refractivity contribution in [1.29, 1.82) is 0 Å². The number of halogens is 2. The van der Waals surface area contributed by atoms with Crippen LogP contribution in [0, 0.1) is 11.6 Å². The number of carbonyl (C=O) groups is 1. The predicted molar refractivity (Wildman–Crippen MR) is 91.4 cm³/mol. The van der Waals surface area contributed by atoms with Crippen molar-refractivity contribution in [2.45, 2.75) is 24.4 Å². The number of nitrogens with zero attached hydrogens (tertiary/aromatic N) is 1. The van der Waals surface area contributed by atoms with E-state index >= 15 is 0 Å². The van der Waals surface area contributed by atoms with Crippen molar-refractivity contribution < 1.29 is 13.6 Å². The van der Waals surface area contributed by atoms with Gasteiger partial charge in [0.1, 0.15) is 11.6 Å². The predicted octanol–water partition coefficient (Wildman–Crippen LogP) is 3.42. The van der Waals surface area contributed by atoms with Crippen molar-refractivity contribution in [3.8, 4) is 0 Å². The molecule has 25 heavy (non-hydrogen) atoms. The molecule has 5 heteroatoms. The van der Waals surface area contributed by atoms with Gasteiger partial charge in [-0.05, 0) is 42.2 Å². The van der Waals surface area contributed by atoms with Crippen LogP contribution in [0.5, 0.6) is 0 Å². The highest BCUT2D eigenvalue weighted by molar-refractivity contribution is 5.92. The highest BCUT2D eigenvalue weighted by Crippen LogP contribution is 2.41. The van der Waals surface area contributed by atoms with E-state index in [1.165, 1.54) is 6.07 Å². The molecule has 1 fully saturated rings. The molecule has 1 aliphatic carbocycles. The third-order valence-electron chi connectivity index (χ3n) is 4.93. The maximum absolute atomic E-state index is 14.2. The summed E-state index contributed by atoms with van der Waals surface area (Å²) in [5.74, 6) is -1.14. The SMILES string of the molecule is NC1(C(=O)N2CC(c3cc(F)ccc3F)=CC2c2ccccc2)CC1. The van der Waals surface area contributed by atoms with Crippen LogP contribution in [0.4, 0.5) is 8.78 Å². The summed E-state index contributed by atoms with van der Waals surface area (Å²) in [5, 5.41) is 0. The van der Waals surface area contributed by atoms with Crippen LogP contribution in [0.2, 0.25) is 0 Å². The Morgan fingerprint density at radius 1 is 1.12 bits per heavy atom. The maximum Gasteiger partial charge on any atom is 0.243 e. The number of amides is 1. The van der Waals surface area contributed by atoms with Crippen LogP contribution in [0.15, 0.2) is 54.6 Å². The molecule has 0 aromatic heterocycles. The van der Waals surface area contributed by atoms with Crippen LogP contribution in [-0.4, -0.2) is 22.9 Å². The fraction of sp³-hybridized carbons (Fsp3) is 0.250. The average molecular weight is 340 g/mol. The molecular weight excluding hydrogens is 322 g/mol. The van der Waals surface area contributed by atoms with Crippen molar-refractivity contribution in [2.75, 3.05) is 6.54 Å². The van der Waals surface area contributed by atoms with Gasteiger partial charge in [0, 0.05) is 12.1 Å². The van der Waals surface area contributed by atoms with E-state index in [0.29, 0.717) is 18.4 Å². The quantitative estimate of drug-likeness (QED) is 0.931. The van der Waals surface area contributed by atoms with Gasteiger partial charge in [-0.25, -0.2) is 8.78 Å². The highest BCUT2D eigenvalue weighted by Gasteiger charge is 2.50. The maximum atomic E-state index is 14.2. The van der Waals surface area contributed by atoms with E-state index in [1.807, 2.05) is 36.4 Å². The van der Waals surface area contributed by atoms with E-state index in [9.17, 15) is 13.6 Å². The molecular formula is C20H18F2N2O. The molecule has 0 saturated heterocycles. The van der Waals surface area contributed by atoms with Crippen molar-refractivity contribution in [3.05, 3.63) is 77.4 Å². The molecule has 1 atom stereocenters. The molecule has 1 unspecified atom stereocenters. The Morgan fingerprint density at radius 2 is 1.84 bits per heavy atom. The average Bonchev–Trinajstić information content (AvgIpc) is 3.22. The Morgan fingerprint density at radius 3 is 2.52 bits per heavy atom. The largest absolute Gasteiger partial charge is 0.326 e. The summed E-state index contributed by atoms with van der Waals surface area (Å²) in [6, 6.07) is 12.6. The van der Waals surface area contributed by atoms with Gasteiger partial charge >= 0.3 is 0 Å². The van der Waals surface area contributed by atoms with Gasteiger partial charge in [-0.3, -0.25) is 4.79 Å². The summed E-state index contributed by atoms with van der Waals surface area (Å²) in [6.45, 7) is 0.220. The van der Waals surface area contributed by atoms with Gasteiger partial charge in [0.05, 0.1) is 11.6 Å². The third-order valence-corrected chi connectivity index (χ3v) is 4.93. The van der Waals surface area contributed by atoms with Crippen molar-refractivity contribution in [1.82, 2.24) is 4.90 Å². The lowest BCUT2D eigenvalue weighted by atomic mass is 10.0. The molecule has 2 aromatic carbocycles. The Kier molecular flexibility index (Phi) is 3.69. The number of nitrogens with two attached hydrogens (primary N) is 1. The molecule has 4 rings (SSSR count). The fourth-order valence-corrected chi connectivity index (χ4v) is 3.29. The zero-order valence-electron chi connectivity index (χ0n) is 13.6. The van der Waals surface area contributed by atoms with Crippen LogP contribution in [-0.2, 0) is 4.79 Å². The lowest BCUT2D eigenvalue weighted by Crippen LogP contribution is -2.45. The van der Waals surface area contributed by atoms with Gasteiger partial charge < -0.3 is 10.6 Å². The summed E-state index contributed by atoms with van der Waals surface area (Å²) in [4.78, 5) is 14.5. The summed E-state index contributed by atoms with van der Waals surface area (Å²) in [5.41, 5.74) is 7.01. The molecule has 1 heterocycles. The normalized spacial score (nSPS) is 21.2. The number of hydrogen-bond donors (Lipinski definition) is 1. The second-order valence-corrected chi connectivity index (χ2v) is 6.76. The topological polar surface area (TPSA) is 46.3 Å². The summed E-state index contributed by atoms with van der Waals surface area (Å²) in [7, 11) is 0. The first-order valence-corrected chi connectivity index (χ1v) is 8.29. The molecule has 1 saturated carbocycles. The summed E-state index contributed by atoms with van der Waals surface area (Å²) in [6.07, 6.45) is 3.15. The van der Waals surface area contributed by atoms with E-state index in [0.717, 1.165) is 17.7 Å². The standard InChI is InChI=1S/C20H18F2N2O/c21-15-6-7-17(22)16(11-15)14-10-18(13-4-2-1-3-5-13)24(12-14)19(25)20(23)8-9-20/h1-7,10-11,18H,8-9,12,23H2. The molecule has 0 bridgehead atoms.